The predicted molar refractivity (Wildman–Crippen MR) is 120 cm³/mol. The van der Waals surface area contributed by atoms with Gasteiger partial charge >= 0.3 is 0 Å². The molecule has 0 aromatic heterocycles. The number of ether oxygens (including phenoxy) is 1. The highest BCUT2D eigenvalue weighted by Crippen LogP contribution is 2.17. The fourth-order valence-corrected chi connectivity index (χ4v) is 3.31. The molecule has 0 heterocycles. The van der Waals surface area contributed by atoms with Crippen molar-refractivity contribution in [2.24, 2.45) is 0 Å². The van der Waals surface area contributed by atoms with Gasteiger partial charge in [-0.3, -0.25) is 9.59 Å². The number of nitrogens with zero attached hydrogens (tertiary/aromatic N) is 1. The zero-order chi connectivity index (χ0) is 22.5. The summed E-state index contributed by atoms with van der Waals surface area (Å²) >= 11 is 0. The van der Waals surface area contributed by atoms with Crippen LogP contribution in [0.5, 0.6) is 5.75 Å². The molecule has 2 aromatic carbocycles. The summed E-state index contributed by atoms with van der Waals surface area (Å²) in [4.78, 5) is 27.5. The van der Waals surface area contributed by atoms with Gasteiger partial charge in [-0.2, -0.15) is 0 Å². The second kappa shape index (κ2) is 9.79. The van der Waals surface area contributed by atoms with Gasteiger partial charge in [0.2, 0.25) is 5.91 Å². The third-order valence-corrected chi connectivity index (χ3v) is 4.66. The fraction of sp³-hybridized carbons (Fsp3) is 0.440. The average molecular weight is 411 g/mol. The molecule has 0 saturated heterocycles. The number of benzene rings is 2. The van der Waals surface area contributed by atoms with E-state index in [1.54, 1.807) is 11.8 Å². The molecule has 2 rings (SSSR count). The first-order valence-corrected chi connectivity index (χ1v) is 10.3. The van der Waals surface area contributed by atoms with Crippen LogP contribution in [-0.2, 0) is 16.1 Å². The lowest BCUT2D eigenvalue weighted by atomic mass is 10.1. The number of hydrogen-bond donors (Lipinski definition) is 1. The second-order valence-corrected chi connectivity index (χ2v) is 9.04. The molecule has 162 valence electrons. The highest BCUT2D eigenvalue weighted by molar-refractivity contribution is 5.88. The summed E-state index contributed by atoms with van der Waals surface area (Å²) in [7, 11) is 0. The van der Waals surface area contributed by atoms with E-state index in [1.165, 1.54) is 0 Å². The number of nitrogens with one attached hydrogen (secondary N) is 1. The monoisotopic (exact) mass is 410 g/mol. The normalized spacial score (nSPS) is 12.2. The molecule has 0 aliphatic rings. The number of carbonyl (C=O) groups excluding carboxylic acids is 2. The molecule has 0 spiro atoms. The van der Waals surface area contributed by atoms with Gasteiger partial charge in [-0.15, -0.1) is 0 Å². The van der Waals surface area contributed by atoms with Crippen molar-refractivity contribution in [1.82, 2.24) is 10.2 Å². The molecule has 0 aliphatic carbocycles. The topological polar surface area (TPSA) is 58.6 Å². The Morgan fingerprint density at radius 2 is 1.63 bits per heavy atom. The maximum Gasteiger partial charge on any atom is 0.261 e. The number of rotatable bonds is 7. The van der Waals surface area contributed by atoms with Crippen molar-refractivity contribution >= 4 is 11.8 Å². The molecule has 1 N–H and O–H groups in total. The SMILES string of the molecule is Cc1cccc(CN(C(=O)COc2cc(C)cc(C)c2)[C@@H](C)C(=O)NC(C)(C)C)c1. The minimum atomic E-state index is -0.625. The van der Waals surface area contributed by atoms with Gasteiger partial charge in [-0.1, -0.05) is 35.9 Å². The Morgan fingerprint density at radius 3 is 2.20 bits per heavy atom. The summed E-state index contributed by atoms with van der Waals surface area (Å²) in [6, 6.07) is 13.2. The lowest BCUT2D eigenvalue weighted by molar-refractivity contribution is -0.142. The van der Waals surface area contributed by atoms with Gasteiger partial charge in [0.25, 0.3) is 5.91 Å². The summed E-state index contributed by atoms with van der Waals surface area (Å²) in [6.07, 6.45) is 0. The maximum atomic E-state index is 13.1. The van der Waals surface area contributed by atoms with Crippen LogP contribution in [0.3, 0.4) is 0 Å². The van der Waals surface area contributed by atoms with Gasteiger partial charge in [0, 0.05) is 12.1 Å². The van der Waals surface area contributed by atoms with Crippen LogP contribution in [0, 0.1) is 20.8 Å². The lowest BCUT2D eigenvalue weighted by Crippen LogP contribution is -2.53. The zero-order valence-electron chi connectivity index (χ0n) is 19.2. The molecular formula is C25H34N2O3. The minimum Gasteiger partial charge on any atom is -0.484 e. The van der Waals surface area contributed by atoms with E-state index in [1.807, 2.05) is 77.9 Å². The van der Waals surface area contributed by atoms with Gasteiger partial charge in [-0.05, 0) is 77.3 Å². The Kier molecular flexibility index (Phi) is 7.65. The molecule has 1 atom stereocenters. The van der Waals surface area contributed by atoms with Crippen molar-refractivity contribution in [2.75, 3.05) is 6.61 Å². The van der Waals surface area contributed by atoms with Gasteiger partial charge in [0.05, 0.1) is 0 Å². The molecule has 5 heteroatoms. The van der Waals surface area contributed by atoms with E-state index in [4.69, 9.17) is 4.74 Å². The van der Waals surface area contributed by atoms with Crippen LogP contribution in [0.4, 0.5) is 0 Å². The highest BCUT2D eigenvalue weighted by Gasteiger charge is 2.28. The number of aryl methyl sites for hydroxylation is 3. The van der Waals surface area contributed by atoms with E-state index in [0.717, 1.165) is 22.3 Å². The molecule has 0 aliphatic heterocycles. The second-order valence-electron chi connectivity index (χ2n) is 9.04. The summed E-state index contributed by atoms with van der Waals surface area (Å²) in [5, 5.41) is 2.97. The zero-order valence-corrected chi connectivity index (χ0v) is 19.2. The molecule has 0 bridgehead atoms. The third-order valence-electron chi connectivity index (χ3n) is 4.66. The van der Waals surface area contributed by atoms with Gasteiger partial charge in [0.15, 0.2) is 6.61 Å². The molecule has 0 unspecified atom stereocenters. The Labute approximate surface area is 180 Å². The van der Waals surface area contributed by atoms with Crippen molar-refractivity contribution in [2.45, 2.75) is 66.6 Å². The van der Waals surface area contributed by atoms with Crippen LogP contribution in [0.2, 0.25) is 0 Å². The minimum absolute atomic E-state index is 0.123. The Balaban J connectivity index is 2.20. The molecule has 2 aromatic rings. The van der Waals surface area contributed by atoms with Crippen LogP contribution in [0.15, 0.2) is 42.5 Å². The largest absolute Gasteiger partial charge is 0.484 e. The predicted octanol–water partition coefficient (Wildman–Crippen LogP) is 4.32. The molecule has 5 nitrogen and oxygen atoms in total. The summed E-state index contributed by atoms with van der Waals surface area (Å²) in [6.45, 7) is 13.7. The molecular weight excluding hydrogens is 376 g/mol. The van der Waals surface area contributed by atoms with Crippen molar-refractivity contribution in [3.8, 4) is 5.75 Å². The number of carbonyl (C=O) groups is 2. The lowest BCUT2D eigenvalue weighted by Gasteiger charge is -2.31. The van der Waals surface area contributed by atoms with Gasteiger partial charge < -0.3 is 15.0 Å². The van der Waals surface area contributed by atoms with Crippen molar-refractivity contribution in [3.05, 3.63) is 64.7 Å². The quantitative estimate of drug-likeness (QED) is 0.739. The summed E-state index contributed by atoms with van der Waals surface area (Å²) in [5.74, 6) is 0.241. The first-order valence-electron chi connectivity index (χ1n) is 10.3. The molecule has 0 fully saturated rings. The molecule has 0 radical (unpaired) electrons. The maximum absolute atomic E-state index is 13.1. The van der Waals surface area contributed by atoms with E-state index in [2.05, 4.69) is 11.4 Å². The van der Waals surface area contributed by atoms with Crippen molar-refractivity contribution in [3.63, 3.8) is 0 Å². The Morgan fingerprint density at radius 1 is 1.00 bits per heavy atom. The summed E-state index contributed by atoms with van der Waals surface area (Å²) in [5.41, 5.74) is 3.86. The first-order chi connectivity index (χ1) is 13.9. The van der Waals surface area contributed by atoms with Crippen LogP contribution in [-0.4, -0.2) is 34.9 Å². The van der Waals surface area contributed by atoms with Crippen LogP contribution < -0.4 is 10.1 Å². The van der Waals surface area contributed by atoms with E-state index in [0.29, 0.717) is 12.3 Å². The van der Waals surface area contributed by atoms with Gasteiger partial charge in [-0.25, -0.2) is 0 Å². The Bertz CT molecular complexity index is 879. The van der Waals surface area contributed by atoms with E-state index < -0.39 is 6.04 Å². The van der Waals surface area contributed by atoms with E-state index in [9.17, 15) is 9.59 Å². The van der Waals surface area contributed by atoms with Crippen molar-refractivity contribution < 1.29 is 14.3 Å². The first kappa shape index (κ1) is 23.5. The van der Waals surface area contributed by atoms with Crippen LogP contribution >= 0.6 is 0 Å². The van der Waals surface area contributed by atoms with Crippen LogP contribution in [0.1, 0.15) is 49.9 Å². The van der Waals surface area contributed by atoms with E-state index in [-0.39, 0.29) is 24.0 Å². The average Bonchev–Trinajstić information content (AvgIpc) is 2.61. The fourth-order valence-electron chi connectivity index (χ4n) is 3.31. The third kappa shape index (κ3) is 7.21. The standard InChI is InChI=1S/C25H34N2O3/c1-17-9-8-10-21(12-17)15-27(20(4)24(29)26-25(5,6)7)23(28)16-30-22-13-18(2)11-19(3)14-22/h8-14,20H,15-16H2,1-7H3,(H,26,29)/t20-/m0/s1. The van der Waals surface area contributed by atoms with Gasteiger partial charge in [0.1, 0.15) is 11.8 Å². The van der Waals surface area contributed by atoms with Crippen LogP contribution in [0.25, 0.3) is 0 Å². The highest BCUT2D eigenvalue weighted by atomic mass is 16.5. The van der Waals surface area contributed by atoms with Crippen molar-refractivity contribution in [1.29, 1.82) is 0 Å². The Hall–Kier alpha value is -2.82. The number of hydrogen-bond acceptors (Lipinski definition) is 3. The molecule has 2 amide bonds. The smallest absolute Gasteiger partial charge is 0.261 e. The number of amides is 2. The summed E-state index contributed by atoms with van der Waals surface area (Å²) < 4.78 is 5.78. The van der Waals surface area contributed by atoms with E-state index >= 15 is 0 Å². The molecule has 30 heavy (non-hydrogen) atoms. The molecule has 0 saturated carbocycles.